The Hall–Kier alpha value is -3.50. The molecular formula is C27H31N5O4S. The molecule has 4 aromatic rings. The average molecular weight is 522 g/mol. The van der Waals surface area contributed by atoms with Gasteiger partial charge in [0, 0.05) is 36.0 Å². The van der Waals surface area contributed by atoms with Crippen LogP contribution in [0.3, 0.4) is 0 Å². The molecule has 2 N–H and O–H groups in total. The first-order valence-electron chi connectivity index (χ1n) is 12.6. The van der Waals surface area contributed by atoms with Crippen molar-refractivity contribution in [1.29, 1.82) is 0 Å². The number of fused-ring (bicyclic) bond motifs is 1. The van der Waals surface area contributed by atoms with E-state index in [0.29, 0.717) is 39.6 Å². The SMILES string of the molecule is CCS(=O)(=O)c1ccc(Oc2cnc(CCC3CCNCC3)cn2)c(-c2cn(C)c(=O)c3[nH]ccc23)c1. The highest BCUT2D eigenvalue weighted by molar-refractivity contribution is 7.91. The first kappa shape index (κ1) is 25.2. The van der Waals surface area contributed by atoms with E-state index in [4.69, 9.17) is 4.74 Å². The summed E-state index contributed by atoms with van der Waals surface area (Å²) in [6.07, 6.45) is 11.1. The van der Waals surface area contributed by atoms with Crippen LogP contribution in [-0.2, 0) is 23.3 Å². The maximum Gasteiger partial charge on any atom is 0.274 e. The molecule has 4 heterocycles. The standard InChI is InChI=1S/C27H31N5O4S/c1-3-37(34,35)20-6-7-24(22(14-20)23-17-32(2)27(33)26-21(23)10-13-29-26)36-25-16-30-19(15-31-25)5-4-18-8-11-28-12-9-18/h6-7,10,13-18,28-29H,3-5,8-9,11-12H2,1-2H3. The lowest BCUT2D eigenvalue weighted by molar-refractivity contribution is 0.353. The Balaban J connectivity index is 1.48. The minimum absolute atomic E-state index is 0.0240. The number of aryl methyl sites for hydroxylation is 2. The molecule has 9 nitrogen and oxygen atoms in total. The predicted molar refractivity (Wildman–Crippen MR) is 143 cm³/mol. The van der Waals surface area contributed by atoms with Crippen LogP contribution in [0.5, 0.6) is 11.6 Å². The molecule has 1 saturated heterocycles. The third kappa shape index (κ3) is 5.30. The van der Waals surface area contributed by atoms with Gasteiger partial charge in [0.1, 0.15) is 11.3 Å². The fraction of sp³-hybridized carbons (Fsp3) is 0.370. The van der Waals surface area contributed by atoms with E-state index >= 15 is 0 Å². The van der Waals surface area contributed by atoms with Crippen molar-refractivity contribution in [1.82, 2.24) is 24.8 Å². The predicted octanol–water partition coefficient (Wildman–Crippen LogP) is 3.84. The van der Waals surface area contributed by atoms with Gasteiger partial charge in [-0.15, -0.1) is 0 Å². The summed E-state index contributed by atoms with van der Waals surface area (Å²) in [5, 5.41) is 4.07. The van der Waals surface area contributed by atoms with Crippen LogP contribution in [-0.4, -0.2) is 46.8 Å². The zero-order chi connectivity index (χ0) is 26.0. The van der Waals surface area contributed by atoms with Gasteiger partial charge in [0.15, 0.2) is 9.84 Å². The largest absolute Gasteiger partial charge is 0.437 e. The molecule has 1 aliphatic rings. The monoisotopic (exact) mass is 521 g/mol. The smallest absolute Gasteiger partial charge is 0.274 e. The van der Waals surface area contributed by atoms with Crippen molar-refractivity contribution in [3.8, 4) is 22.8 Å². The number of piperidine rings is 1. The number of benzene rings is 1. The molecule has 5 rings (SSSR count). The van der Waals surface area contributed by atoms with E-state index in [1.165, 1.54) is 23.5 Å². The van der Waals surface area contributed by atoms with Crippen LogP contribution < -0.4 is 15.6 Å². The highest BCUT2D eigenvalue weighted by atomic mass is 32.2. The lowest BCUT2D eigenvalue weighted by Crippen LogP contribution is -2.27. The maximum absolute atomic E-state index is 12.7. The highest BCUT2D eigenvalue weighted by Gasteiger charge is 2.20. The van der Waals surface area contributed by atoms with Crippen LogP contribution in [0.25, 0.3) is 22.0 Å². The summed E-state index contributed by atoms with van der Waals surface area (Å²) in [5.41, 5.74) is 2.41. The lowest BCUT2D eigenvalue weighted by Gasteiger charge is -2.22. The van der Waals surface area contributed by atoms with Gasteiger partial charge in [-0.3, -0.25) is 9.78 Å². The van der Waals surface area contributed by atoms with Crippen LogP contribution in [0.2, 0.25) is 0 Å². The number of aromatic nitrogens is 4. The number of nitrogens with zero attached hydrogens (tertiary/aromatic N) is 3. The molecule has 0 spiro atoms. The van der Waals surface area contributed by atoms with Gasteiger partial charge in [0.05, 0.1) is 28.7 Å². The number of aromatic amines is 1. The third-order valence-corrected chi connectivity index (χ3v) is 8.77. The Kier molecular flexibility index (Phi) is 7.12. The van der Waals surface area contributed by atoms with Crippen molar-refractivity contribution in [3.05, 3.63) is 65.1 Å². The van der Waals surface area contributed by atoms with Crippen molar-refractivity contribution >= 4 is 20.7 Å². The van der Waals surface area contributed by atoms with Crippen LogP contribution in [0.15, 0.2) is 58.7 Å². The zero-order valence-corrected chi connectivity index (χ0v) is 21.8. The summed E-state index contributed by atoms with van der Waals surface area (Å²) in [7, 11) is -1.80. The molecule has 1 fully saturated rings. The Morgan fingerprint density at radius 2 is 1.92 bits per heavy atom. The van der Waals surface area contributed by atoms with E-state index in [-0.39, 0.29) is 16.2 Å². The summed E-state index contributed by atoms with van der Waals surface area (Å²) < 4.78 is 33.0. The molecular weight excluding hydrogens is 490 g/mol. The molecule has 1 aliphatic heterocycles. The van der Waals surface area contributed by atoms with Gasteiger partial charge < -0.3 is 19.6 Å². The molecule has 37 heavy (non-hydrogen) atoms. The average Bonchev–Trinajstić information content (AvgIpc) is 3.42. The van der Waals surface area contributed by atoms with E-state index in [2.05, 4.69) is 20.3 Å². The number of hydrogen-bond acceptors (Lipinski definition) is 7. The van der Waals surface area contributed by atoms with Gasteiger partial charge in [0.2, 0.25) is 5.88 Å². The molecule has 194 valence electrons. The molecule has 0 amide bonds. The molecule has 3 aromatic heterocycles. The van der Waals surface area contributed by atoms with Crippen LogP contribution >= 0.6 is 0 Å². The second-order valence-corrected chi connectivity index (χ2v) is 11.7. The fourth-order valence-corrected chi connectivity index (χ4v) is 5.72. The van der Waals surface area contributed by atoms with Gasteiger partial charge in [-0.2, -0.15) is 0 Å². The van der Waals surface area contributed by atoms with E-state index < -0.39 is 9.84 Å². The Labute approximate surface area is 215 Å². The van der Waals surface area contributed by atoms with E-state index in [9.17, 15) is 13.2 Å². The highest BCUT2D eigenvalue weighted by Crippen LogP contribution is 2.37. The van der Waals surface area contributed by atoms with E-state index in [1.807, 2.05) is 0 Å². The normalized spacial score (nSPS) is 14.8. The van der Waals surface area contributed by atoms with Gasteiger partial charge in [-0.1, -0.05) is 6.92 Å². The quantitative estimate of drug-likeness (QED) is 0.362. The molecule has 0 aliphatic carbocycles. The molecule has 10 heteroatoms. The Morgan fingerprint density at radius 3 is 2.65 bits per heavy atom. The second kappa shape index (κ2) is 10.5. The molecule has 0 radical (unpaired) electrons. The van der Waals surface area contributed by atoms with Gasteiger partial charge in [-0.05, 0) is 69.0 Å². The van der Waals surface area contributed by atoms with Crippen molar-refractivity contribution in [3.63, 3.8) is 0 Å². The summed E-state index contributed by atoms with van der Waals surface area (Å²) in [6, 6.07) is 6.57. The van der Waals surface area contributed by atoms with Crippen LogP contribution in [0.4, 0.5) is 0 Å². The number of sulfone groups is 1. The van der Waals surface area contributed by atoms with Crippen molar-refractivity contribution in [2.24, 2.45) is 13.0 Å². The van der Waals surface area contributed by atoms with Gasteiger partial charge in [-0.25, -0.2) is 13.4 Å². The molecule has 0 unspecified atom stereocenters. The zero-order valence-electron chi connectivity index (χ0n) is 21.0. The molecule has 0 bridgehead atoms. The minimum Gasteiger partial charge on any atom is -0.437 e. The van der Waals surface area contributed by atoms with Gasteiger partial charge in [0.25, 0.3) is 5.56 Å². The lowest BCUT2D eigenvalue weighted by atomic mass is 9.93. The first-order valence-corrected chi connectivity index (χ1v) is 14.2. The maximum atomic E-state index is 12.7. The number of pyridine rings is 1. The van der Waals surface area contributed by atoms with Gasteiger partial charge >= 0.3 is 0 Å². The molecule has 0 atom stereocenters. The fourth-order valence-electron chi connectivity index (χ4n) is 4.81. The van der Waals surface area contributed by atoms with E-state index in [1.54, 1.807) is 57.0 Å². The Morgan fingerprint density at radius 1 is 1.11 bits per heavy atom. The summed E-state index contributed by atoms with van der Waals surface area (Å²) >= 11 is 0. The number of nitrogens with one attached hydrogen (secondary N) is 2. The van der Waals surface area contributed by atoms with E-state index in [0.717, 1.165) is 31.6 Å². The van der Waals surface area contributed by atoms with Crippen molar-refractivity contribution in [2.75, 3.05) is 18.8 Å². The topological polar surface area (TPSA) is 119 Å². The third-order valence-electron chi connectivity index (χ3n) is 7.04. The summed E-state index contributed by atoms with van der Waals surface area (Å²) in [5.74, 6) is 1.43. The Bertz CT molecular complexity index is 1570. The second-order valence-electron chi connectivity index (χ2n) is 9.47. The summed E-state index contributed by atoms with van der Waals surface area (Å²) in [6.45, 7) is 3.77. The number of H-pyrrole nitrogens is 1. The van der Waals surface area contributed by atoms with Crippen LogP contribution in [0, 0.1) is 5.92 Å². The molecule has 0 saturated carbocycles. The van der Waals surface area contributed by atoms with Crippen molar-refractivity contribution < 1.29 is 13.2 Å². The summed E-state index contributed by atoms with van der Waals surface area (Å²) in [4.78, 5) is 24.8. The number of ether oxygens (including phenoxy) is 1. The first-order chi connectivity index (χ1) is 17.9. The number of hydrogen-bond donors (Lipinski definition) is 2. The molecule has 1 aromatic carbocycles. The minimum atomic E-state index is -3.46. The van der Waals surface area contributed by atoms with Crippen LogP contribution in [0.1, 0.15) is 31.9 Å². The van der Waals surface area contributed by atoms with Crippen molar-refractivity contribution in [2.45, 2.75) is 37.5 Å². The number of rotatable bonds is 8.